The van der Waals surface area contributed by atoms with Crippen LogP contribution in [0.3, 0.4) is 0 Å². The predicted molar refractivity (Wildman–Crippen MR) is 113 cm³/mol. The van der Waals surface area contributed by atoms with Crippen LogP contribution in [-0.2, 0) is 0 Å². The van der Waals surface area contributed by atoms with Crippen molar-refractivity contribution in [2.24, 2.45) is 0 Å². The fraction of sp³-hybridized carbons (Fsp3) is 0.200. The van der Waals surface area contributed by atoms with E-state index >= 15 is 0 Å². The first-order valence-corrected chi connectivity index (χ1v) is 9.86. The van der Waals surface area contributed by atoms with Gasteiger partial charge in [-0.15, -0.1) is 10.2 Å². The molecule has 7 nitrogen and oxygen atoms in total. The van der Waals surface area contributed by atoms with Gasteiger partial charge in [-0.25, -0.2) is 9.37 Å². The fourth-order valence-electron chi connectivity index (χ4n) is 2.70. The number of nitrogens with zero attached hydrogens (tertiary/aromatic N) is 4. The molecular weight excluding hydrogens is 391 g/mol. The molecule has 0 atom stereocenters. The zero-order valence-corrected chi connectivity index (χ0v) is 16.9. The molecule has 0 radical (unpaired) electrons. The number of anilines is 2. The molecule has 4 aromatic rings. The van der Waals surface area contributed by atoms with Crippen molar-refractivity contribution in [3.63, 3.8) is 0 Å². The molecule has 2 heterocycles. The molecule has 1 amide bonds. The van der Waals surface area contributed by atoms with E-state index in [-0.39, 0.29) is 5.91 Å². The normalized spacial score (nSPS) is 11.2. The number of amides is 1. The zero-order chi connectivity index (χ0) is 20.5. The van der Waals surface area contributed by atoms with E-state index in [1.165, 1.54) is 35.6 Å². The summed E-state index contributed by atoms with van der Waals surface area (Å²) in [6.07, 6.45) is 0. The zero-order valence-electron chi connectivity index (χ0n) is 16.1. The summed E-state index contributed by atoms with van der Waals surface area (Å²) in [6.45, 7) is 4.20. The quantitative estimate of drug-likeness (QED) is 0.512. The topological polar surface area (TPSA) is 86.8 Å². The Labute approximate surface area is 170 Å². The SMILES string of the molecule is CC(C)N(C)c1nc2ccc(-c3nnc(NC(=O)c4ccc(F)cc4)s3)cc2[nH]1. The third-order valence-electron chi connectivity index (χ3n) is 4.58. The molecule has 0 saturated carbocycles. The number of rotatable bonds is 5. The van der Waals surface area contributed by atoms with Gasteiger partial charge in [-0.3, -0.25) is 10.1 Å². The van der Waals surface area contributed by atoms with Crippen LogP contribution in [0.15, 0.2) is 42.5 Å². The molecule has 29 heavy (non-hydrogen) atoms. The minimum atomic E-state index is -0.392. The van der Waals surface area contributed by atoms with Crippen LogP contribution in [-0.4, -0.2) is 39.2 Å². The second-order valence-corrected chi connectivity index (χ2v) is 7.85. The second-order valence-electron chi connectivity index (χ2n) is 6.87. The largest absolute Gasteiger partial charge is 0.343 e. The van der Waals surface area contributed by atoms with E-state index < -0.39 is 5.82 Å². The van der Waals surface area contributed by atoms with Gasteiger partial charge in [-0.05, 0) is 56.3 Å². The minimum Gasteiger partial charge on any atom is -0.343 e. The van der Waals surface area contributed by atoms with Crippen molar-refractivity contribution >= 4 is 39.4 Å². The number of fused-ring (bicyclic) bond motifs is 1. The van der Waals surface area contributed by atoms with E-state index in [0.717, 1.165) is 22.5 Å². The highest BCUT2D eigenvalue weighted by Crippen LogP contribution is 2.29. The summed E-state index contributed by atoms with van der Waals surface area (Å²) >= 11 is 1.27. The number of imidazole rings is 1. The molecule has 0 aliphatic rings. The van der Waals surface area contributed by atoms with Crippen molar-refractivity contribution in [3.8, 4) is 10.6 Å². The minimum absolute atomic E-state index is 0.325. The van der Waals surface area contributed by atoms with Crippen LogP contribution < -0.4 is 10.2 Å². The monoisotopic (exact) mass is 410 g/mol. The lowest BCUT2D eigenvalue weighted by atomic mass is 10.2. The number of carbonyl (C=O) groups is 1. The summed E-state index contributed by atoms with van der Waals surface area (Å²) in [5, 5.41) is 12.0. The Morgan fingerprint density at radius 1 is 1.17 bits per heavy atom. The van der Waals surface area contributed by atoms with Gasteiger partial charge in [0.2, 0.25) is 11.1 Å². The van der Waals surface area contributed by atoms with Crippen LogP contribution in [0, 0.1) is 5.82 Å². The van der Waals surface area contributed by atoms with E-state index in [9.17, 15) is 9.18 Å². The number of halogens is 1. The Morgan fingerprint density at radius 2 is 1.93 bits per heavy atom. The summed E-state index contributed by atoms with van der Waals surface area (Å²) in [7, 11) is 1.99. The Morgan fingerprint density at radius 3 is 2.66 bits per heavy atom. The standard InChI is InChI=1S/C20H19FN6OS/c1-11(2)27(3)19-22-15-9-6-13(10-16(15)23-19)18-25-26-20(29-18)24-17(28)12-4-7-14(21)8-5-12/h4-11H,1-3H3,(H,22,23)(H,24,26,28). The molecule has 0 aliphatic carbocycles. The molecule has 9 heteroatoms. The van der Waals surface area contributed by atoms with Gasteiger partial charge in [0.25, 0.3) is 5.91 Å². The molecule has 2 N–H and O–H groups in total. The van der Waals surface area contributed by atoms with Crippen LogP contribution in [0.5, 0.6) is 0 Å². The van der Waals surface area contributed by atoms with Crippen molar-refractivity contribution in [2.45, 2.75) is 19.9 Å². The Balaban J connectivity index is 1.54. The maximum Gasteiger partial charge on any atom is 0.257 e. The molecule has 0 aliphatic heterocycles. The van der Waals surface area contributed by atoms with Crippen LogP contribution in [0.4, 0.5) is 15.5 Å². The van der Waals surface area contributed by atoms with Gasteiger partial charge >= 0.3 is 0 Å². The van der Waals surface area contributed by atoms with Gasteiger partial charge in [-0.2, -0.15) is 0 Å². The Hall–Kier alpha value is -3.33. The first-order chi connectivity index (χ1) is 13.9. The molecule has 0 spiro atoms. The fourth-order valence-corrected chi connectivity index (χ4v) is 3.44. The molecule has 148 valence electrons. The van der Waals surface area contributed by atoms with Crippen molar-refractivity contribution < 1.29 is 9.18 Å². The number of hydrogen-bond donors (Lipinski definition) is 2. The van der Waals surface area contributed by atoms with Crippen molar-refractivity contribution in [3.05, 3.63) is 53.8 Å². The lowest BCUT2D eigenvalue weighted by molar-refractivity contribution is 0.102. The van der Waals surface area contributed by atoms with Crippen LogP contribution >= 0.6 is 11.3 Å². The van der Waals surface area contributed by atoms with Gasteiger partial charge < -0.3 is 9.88 Å². The Bertz CT molecular complexity index is 1170. The average Bonchev–Trinajstić information content (AvgIpc) is 3.33. The van der Waals surface area contributed by atoms with E-state index in [1.807, 2.05) is 25.2 Å². The number of aromatic amines is 1. The van der Waals surface area contributed by atoms with Crippen molar-refractivity contribution in [1.82, 2.24) is 20.2 Å². The van der Waals surface area contributed by atoms with E-state index in [4.69, 9.17) is 0 Å². The van der Waals surface area contributed by atoms with Gasteiger partial charge in [-0.1, -0.05) is 11.3 Å². The van der Waals surface area contributed by atoms with E-state index in [0.29, 0.717) is 21.7 Å². The van der Waals surface area contributed by atoms with Crippen LogP contribution in [0.2, 0.25) is 0 Å². The second kappa shape index (κ2) is 7.59. The predicted octanol–water partition coefficient (Wildman–Crippen LogP) is 4.32. The molecule has 2 aromatic carbocycles. The first kappa shape index (κ1) is 19.0. The molecule has 0 saturated heterocycles. The Kier molecular flexibility index (Phi) is 4.98. The summed E-state index contributed by atoms with van der Waals surface area (Å²) in [5.74, 6) is 0.0476. The summed E-state index contributed by atoms with van der Waals surface area (Å²) in [6, 6.07) is 11.5. The summed E-state index contributed by atoms with van der Waals surface area (Å²) < 4.78 is 13.0. The van der Waals surface area contributed by atoms with Crippen LogP contribution in [0.1, 0.15) is 24.2 Å². The lowest BCUT2D eigenvalue weighted by Crippen LogP contribution is -2.26. The average molecular weight is 410 g/mol. The molecule has 2 aromatic heterocycles. The van der Waals surface area contributed by atoms with Gasteiger partial charge in [0.05, 0.1) is 11.0 Å². The summed E-state index contributed by atoms with van der Waals surface area (Å²) in [4.78, 5) is 22.2. The van der Waals surface area contributed by atoms with Gasteiger partial charge in [0.1, 0.15) is 10.8 Å². The number of carbonyl (C=O) groups excluding carboxylic acids is 1. The third-order valence-corrected chi connectivity index (χ3v) is 5.46. The summed E-state index contributed by atoms with van der Waals surface area (Å²) in [5.41, 5.74) is 2.99. The molecule has 0 fully saturated rings. The molecule has 4 rings (SSSR count). The number of benzene rings is 2. The highest BCUT2D eigenvalue weighted by atomic mass is 32.1. The highest BCUT2D eigenvalue weighted by molar-refractivity contribution is 7.18. The number of H-pyrrole nitrogens is 1. The third kappa shape index (κ3) is 3.95. The number of nitrogens with one attached hydrogen (secondary N) is 2. The van der Waals surface area contributed by atoms with Crippen LogP contribution in [0.25, 0.3) is 21.6 Å². The lowest BCUT2D eigenvalue weighted by Gasteiger charge is -2.19. The van der Waals surface area contributed by atoms with Gasteiger partial charge in [0, 0.05) is 24.2 Å². The molecular formula is C20H19FN6OS. The van der Waals surface area contributed by atoms with Gasteiger partial charge in [0.15, 0.2) is 0 Å². The van der Waals surface area contributed by atoms with Crippen molar-refractivity contribution in [2.75, 3.05) is 17.3 Å². The number of hydrogen-bond acceptors (Lipinski definition) is 6. The number of aromatic nitrogens is 4. The maximum absolute atomic E-state index is 13.0. The van der Waals surface area contributed by atoms with E-state index in [1.54, 1.807) is 0 Å². The smallest absolute Gasteiger partial charge is 0.257 e. The van der Waals surface area contributed by atoms with E-state index in [2.05, 4.69) is 44.2 Å². The maximum atomic E-state index is 13.0. The van der Waals surface area contributed by atoms with Crippen molar-refractivity contribution in [1.29, 1.82) is 0 Å². The highest BCUT2D eigenvalue weighted by Gasteiger charge is 2.14. The first-order valence-electron chi connectivity index (χ1n) is 9.04. The molecule has 0 bridgehead atoms. The molecule has 0 unspecified atom stereocenters.